The molecule has 22 heavy (non-hydrogen) atoms. The van der Waals surface area contributed by atoms with E-state index >= 15 is 0 Å². The summed E-state index contributed by atoms with van der Waals surface area (Å²) in [5, 5.41) is 15.0. The number of phenolic OH excluding ortho intramolecular Hbond substituents is 1. The Morgan fingerprint density at radius 3 is 2.91 bits per heavy atom. The average Bonchev–Trinajstić information content (AvgIpc) is 3.34. The zero-order valence-electron chi connectivity index (χ0n) is 12.9. The summed E-state index contributed by atoms with van der Waals surface area (Å²) in [6, 6.07) is 4.77. The van der Waals surface area contributed by atoms with Crippen LogP contribution in [0, 0.1) is 5.92 Å². The molecule has 1 saturated carbocycles. The molecule has 6 heteroatoms. The second-order valence-electron chi connectivity index (χ2n) is 5.49. The van der Waals surface area contributed by atoms with Crippen LogP contribution in [-0.4, -0.2) is 38.0 Å². The molecule has 1 aliphatic carbocycles. The predicted octanol–water partition coefficient (Wildman–Crippen LogP) is 2.02. The first-order valence-corrected chi connectivity index (χ1v) is 7.64. The van der Waals surface area contributed by atoms with Crippen LogP contribution < -0.4 is 15.4 Å². The molecule has 0 heterocycles. The topological polar surface area (TPSA) is 79.8 Å². The molecule has 0 atom stereocenters. The Bertz CT molecular complexity index is 489. The largest absolute Gasteiger partial charge is 0.504 e. The highest BCUT2D eigenvalue weighted by Gasteiger charge is 2.20. The number of urea groups is 1. The van der Waals surface area contributed by atoms with Crippen molar-refractivity contribution in [3.8, 4) is 11.5 Å². The van der Waals surface area contributed by atoms with Gasteiger partial charge < -0.3 is 25.2 Å². The van der Waals surface area contributed by atoms with Gasteiger partial charge in [0.2, 0.25) is 0 Å². The van der Waals surface area contributed by atoms with Crippen molar-refractivity contribution in [1.29, 1.82) is 0 Å². The van der Waals surface area contributed by atoms with Crippen LogP contribution in [0.4, 0.5) is 4.79 Å². The van der Waals surface area contributed by atoms with Gasteiger partial charge in [0, 0.05) is 26.3 Å². The third kappa shape index (κ3) is 5.81. The third-order valence-corrected chi connectivity index (χ3v) is 3.50. The van der Waals surface area contributed by atoms with Gasteiger partial charge in [0.05, 0.1) is 7.11 Å². The number of hydrogen-bond acceptors (Lipinski definition) is 4. The lowest BCUT2D eigenvalue weighted by molar-refractivity contribution is 0.122. The standard InChI is InChI=1S/C16H24N2O4/c1-21-15-9-13(5-6-14(15)19)10-18-16(20)17-7-2-8-22-11-12-3-4-12/h5-6,9,12,19H,2-4,7-8,10-11H2,1H3,(H2,17,18,20). The van der Waals surface area contributed by atoms with E-state index in [0.717, 1.165) is 24.5 Å². The zero-order chi connectivity index (χ0) is 15.8. The lowest BCUT2D eigenvalue weighted by Crippen LogP contribution is -2.35. The van der Waals surface area contributed by atoms with E-state index in [1.165, 1.54) is 20.0 Å². The Morgan fingerprint density at radius 2 is 2.18 bits per heavy atom. The summed E-state index contributed by atoms with van der Waals surface area (Å²) in [5.41, 5.74) is 0.859. The van der Waals surface area contributed by atoms with Crippen LogP contribution in [0.1, 0.15) is 24.8 Å². The Hall–Kier alpha value is -1.95. The number of rotatable bonds is 9. The zero-order valence-corrected chi connectivity index (χ0v) is 12.9. The Kier molecular flexibility index (Phi) is 6.33. The Balaban J connectivity index is 1.56. The van der Waals surface area contributed by atoms with Gasteiger partial charge in [-0.05, 0) is 42.9 Å². The molecule has 0 bridgehead atoms. The number of aromatic hydroxyl groups is 1. The van der Waals surface area contributed by atoms with Crippen molar-refractivity contribution < 1.29 is 19.4 Å². The van der Waals surface area contributed by atoms with Gasteiger partial charge in [0.1, 0.15) is 0 Å². The van der Waals surface area contributed by atoms with Gasteiger partial charge in [-0.2, -0.15) is 0 Å². The number of carbonyl (C=O) groups excluding carboxylic acids is 1. The molecule has 3 N–H and O–H groups in total. The SMILES string of the molecule is COc1cc(CNC(=O)NCCCOCC2CC2)ccc1O. The molecular formula is C16H24N2O4. The highest BCUT2D eigenvalue weighted by atomic mass is 16.5. The molecule has 6 nitrogen and oxygen atoms in total. The number of hydrogen-bond donors (Lipinski definition) is 3. The third-order valence-electron chi connectivity index (χ3n) is 3.50. The van der Waals surface area contributed by atoms with Crippen molar-refractivity contribution in [2.24, 2.45) is 5.92 Å². The lowest BCUT2D eigenvalue weighted by atomic mass is 10.2. The fraction of sp³-hybridized carbons (Fsp3) is 0.562. The van der Waals surface area contributed by atoms with Gasteiger partial charge in [-0.1, -0.05) is 6.07 Å². The van der Waals surface area contributed by atoms with Crippen LogP contribution in [0.2, 0.25) is 0 Å². The van der Waals surface area contributed by atoms with E-state index in [4.69, 9.17) is 9.47 Å². The number of benzene rings is 1. The van der Waals surface area contributed by atoms with Gasteiger partial charge in [-0.3, -0.25) is 0 Å². The molecule has 0 aliphatic heterocycles. The molecule has 0 aromatic heterocycles. The summed E-state index contributed by atoms with van der Waals surface area (Å²) in [6.07, 6.45) is 3.40. The first-order valence-electron chi connectivity index (χ1n) is 7.64. The van der Waals surface area contributed by atoms with E-state index in [1.807, 2.05) is 0 Å². The molecule has 1 aliphatic rings. The molecular weight excluding hydrogens is 284 g/mol. The van der Waals surface area contributed by atoms with Crippen molar-refractivity contribution in [1.82, 2.24) is 10.6 Å². The van der Waals surface area contributed by atoms with E-state index in [9.17, 15) is 9.90 Å². The number of carbonyl (C=O) groups is 1. The number of amides is 2. The Morgan fingerprint density at radius 1 is 1.36 bits per heavy atom. The van der Waals surface area contributed by atoms with Crippen molar-refractivity contribution in [2.75, 3.05) is 26.9 Å². The summed E-state index contributed by atoms with van der Waals surface area (Å²) in [7, 11) is 1.49. The van der Waals surface area contributed by atoms with Crippen molar-refractivity contribution in [2.45, 2.75) is 25.8 Å². The first-order chi connectivity index (χ1) is 10.7. The minimum Gasteiger partial charge on any atom is -0.504 e. The maximum atomic E-state index is 11.6. The van der Waals surface area contributed by atoms with Crippen molar-refractivity contribution in [3.63, 3.8) is 0 Å². The van der Waals surface area contributed by atoms with Crippen LogP contribution in [0.25, 0.3) is 0 Å². The fourth-order valence-corrected chi connectivity index (χ4v) is 1.99. The Labute approximate surface area is 130 Å². The maximum Gasteiger partial charge on any atom is 0.315 e. The summed E-state index contributed by atoms with van der Waals surface area (Å²) < 4.78 is 10.5. The molecule has 1 fully saturated rings. The van der Waals surface area contributed by atoms with E-state index in [1.54, 1.807) is 18.2 Å². The van der Waals surface area contributed by atoms with Gasteiger partial charge in [-0.25, -0.2) is 4.79 Å². The summed E-state index contributed by atoms with van der Waals surface area (Å²) in [5.74, 6) is 1.26. The molecule has 0 radical (unpaired) electrons. The molecule has 0 unspecified atom stereocenters. The van der Waals surface area contributed by atoms with E-state index in [2.05, 4.69) is 10.6 Å². The number of methoxy groups -OCH3 is 1. The molecule has 0 saturated heterocycles. The van der Waals surface area contributed by atoms with Crippen LogP contribution in [0.5, 0.6) is 11.5 Å². The predicted molar refractivity (Wildman–Crippen MR) is 83.1 cm³/mol. The summed E-state index contributed by atoms with van der Waals surface area (Å²) >= 11 is 0. The average molecular weight is 308 g/mol. The van der Waals surface area contributed by atoms with E-state index in [-0.39, 0.29) is 11.8 Å². The van der Waals surface area contributed by atoms with Crippen molar-refractivity contribution >= 4 is 6.03 Å². The smallest absolute Gasteiger partial charge is 0.315 e. The van der Waals surface area contributed by atoms with Gasteiger partial charge in [0.15, 0.2) is 11.5 Å². The first kappa shape index (κ1) is 16.4. The lowest BCUT2D eigenvalue weighted by Gasteiger charge is -2.09. The number of ether oxygens (including phenoxy) is 2. The minimum atomic E-state index is -0.214. The number of nitrogens with one attached hydrogen (secondary N) is 2. The fourth-order valence-electron chi connectivity index (χ4n) is 1.99. The van der Waals surface area contributed by atoms with E-state index < -0.39 is 0 Å². The number of phenols is 1. The highest BCUT2D eigenvalue weighted by Crippen LogP contribution is 2.28. The minimum absolute atomic E-state index is 0.0851. The summed E-state index contributed by atoms with van der Waals surface area (Å²) in [6.45, 7) is 2.51. The molecule has 1 aromatic carbocycles. The van der Waals surface area contributed by atoms with E-state index in [0.29, 0.717) is 25.4 Å². The quantitative estimate of drug-likeness (QED) is 0.610. The molecule has 2 rings (SSSR count). The van der Waals surface area contributed by atoms with Crippen molar-refractivity contribution in [3.05, 3.63) is 23.8 Å². The monoisotopic (exact) mass is 308 g/mol. The second kappa shape index (κ2) is 8.48. The summed E-state index contributed by atoms with van der Waals surface area (Å²) in [4.78, 5) is 11.6. The maximum absolute atomic E-state index is 11.6. The molecule has 122 valence electrons. The van der Waals surface area contributed by atoms with Gasteiger partial charge in [0.25, 0.3) is 0 Å². The van der Waals surface area contributed by atoms with Crippen LogP contribution in [0.3, 0.4) is 0 Å². The normalized spacial score (nSPS) is 13.7. The van der Waals surface area contributed by atoms with Gasteiger partial charge in [-0.15, -0.1) is 0 Å². The molecule has 2 amide bonds. The molecule has 0 spiro atoms. The second-order valence-corrected chi connectivity index (χ2v) is 5.49. The van der Waals surface area contributed by atoms with Crippen LogP contribution in [-0.2, 0) is 11.3 Å². The van der Waals surface area contributed by atoms with Crippen LogP contribution >= 0.6 is 0 Å². The molecule has 1 aromatic rings. The highest BCUT2D eigenvalue weighted by molar-refractivity contribution is 5.73. The van der Waals surface area contributed by atoms with Gasteiger partial charge >= 0.3 is 6.03 Å². The van der Waals surface area contributed by atoms with Crippen LogP contribution in [0.15, 0.2) is 18.2 Å².